The highest BCUT2D eigenvalue weighted by molar-refractivity contribution is 5.26. The molecule has 3 saturated heterocycles. The Morgan fingerprint density at radius 1 is 0.923 bits per heavy atom. The minimum absolute atomic E-state index is 0.0947. The molecule has 3 heterocycles. The molecule has 3 aliphatic heterocycles. The maximum absolute atomic E-state index is 9.92. The predicted molar refractivity (Wildman–Crippen MR) is 106 cm³/mol. The van der Waals surface area contributed by atoms with Crippen molar-refractivity contribution >= 4 is 0 Å². The fraction of sp³-hybridized carbons (Fsp3) is 0.727. The van der Waals surface area contributed by atoms with Crippen LogP contribution in [0.4, 0.5) is 0 Å². The van der Waals surface area contributed by atoms with Crippen molar-refractivity contribution in [2.45, 2.75) is 57.2 Å². The third kappa shape index (κ3) is 4.48. The maximum Gasteiger partial charge on any atom is 0.0564 e. The summed E-state index contributed by atoms with van der Waals surface area (Å²) in [6.07, 6.45) is 7.00. The Morgan fingerprint density at radius 2 is 1.58 bits per heavy atom. The number of piperidine rings is 2. The van der Waals surface area contributed by atoms with E-state index in [-0.39, 0.29) is 6.10 Å². The van der Waals surface area contributed by atoms with Crippen molar-refractivity contribution in [3.63, 3.8) is 0 Å². The molecule has 26 heavy (non-hydrogen) atoms. The molecule has 1 aromatic rings. The third-order valence-corrected chi connectivity index (χ3v) is 6.65. The van der Waals surface area contributed by atoms with Gasteiger partial charge in [-0.25, -0.2) is 0 Å². The Labute approximate surface area is 158 Å². The first-order valence-corrected chi connectivity index (χ1v) is 10.7. The quantitative estimate of drug-likeness (QED) is 0.850. The van der Waals surface area contributed by atoms with Crippen molar-refractivity contribution in [1.29, 1.82) is 0 Å². The van der Waals surface area contributed by atoms with Gasteiger partial charge in [-0.15, -0.1) is 0 Å². The molecule has 0 saturated carbocycles. The van der Waals surface area contributed by atoms with Gasteiger partial charge in [0.2, 0.25) is 0 Å². The number of nitrogens with one attached hydrogen (secondary N) is 1. The number of hydrogen-bond acceptors (Lipinski definition) is 4. The van der Waals surface area contributed by atoms with Gasteiger partial charge in [-0.3, -0.25) is 9.80 Å². The van der Waals surface area contributed by atoms with Crippen LogP contribution in [-0.4, -0.2) is 60.3 Å². The molecular formula is C22H35N3O. The van der Waals surface area contributed by atoms with Gasteiger partial charge in [0, 0.05) is 25.7 Å². The van der Waals surface area contributed by atoms with E-state index in [1.54, 1.807) is 0 Å². The standard InChI is InChI=1S/C22H35N3O/c26-21-9-15-25(16-10-21)22(20-7-11-23-12-8-20)19-5-3-18(4-6-19)17-24-13-1-2-14-24/h3-6,20-23,26H,1-2,7-17H2. The first-order chi connectivity index (χ1) is 12.8. The molecule has 4 nitrogen and oxygen atoms in total. The van der Waals surface area contributed by atoms with Crippen molar-refractivity contribution in [2.75, 3.05) is 39.3 Å². The summed E-state index contributed by atoms with van der Waals surface area (Å²) in [5.41, 5.74) is 2.94. The zero-order valence-corrected chi connectivity index (χ0v) is 16.1. The molecule has 144 valence electrons. The first-order valence-electron chi connectivity index (χ1n) is 10.7. The van der Waals surface area contributed by atoms with Crippen molar-refractivity contribution in [1.82, 2.24) is 15.1 Å². The van der Waals surface area contributed by atoms with Crippen LogP contribution >= 0.6 is 0 Å². The van der Waals surface area contributed by atoms with E-state index in [0.29, 0.717) is 6.04 Å². The van der Waals surface area contributed by atoms with Crippen LogP contribution in [0.5, 0.6) is 0 Å². The van der Waals surface area contributed by atoms with Gasteiger partial charge >= 0.3 is 0 Å². The van der Waals surface area contributed by atoms with Gasteiger partial charge in [-0.1, -0.05) is 24.3 Å². The summed E-state index contributed by atoms with van der Waals surface area (Å²) in [6.45, 7) is 7.98. The van der Waals surface area contributed by atoms with E-state index in [1.165, 1.54) is 49.9 Å². The molecule has 1 atom stereocenters. The molecule has 0 bridgehead atoms. The van der Waals surface area contributed by atoms with Crippen LogP contribution in [0.3, 0.4) is 0 Å². The van der Waals surface area contributed by atoms with Crippen LogP contribution in [0.25, 0.3) is 0 Å². The number of nitrogens with zero attached hydrogens (tertiary/aromatic N) is 2. The number of rotatable bonds is 5. The van der Waals surface area contributed by atoms with E-state index in [9.17, 15) is 5.11 Å². The Bertz CT molecular complexity index is 541. The van der Waals surface area contributed by atoms with Crippen LogP contribution in [-0.2, 0) is 6.54 Å². The Kier molecular flexibility index (Phi) is 6.26. The van der Waals surface area contributed by atoms with Gasteiger partial charge in [-0.05, 0) is 81.7 Å². The van der Waals surface area contributed by atoms with E-state index < -0.39 is 0 Å². The van der Waals surface area contributed by atoms with Gasteiger partial charge in [-0.2, -0.15) is 0 Å². The number of aliphatic hydroxyl groups is 1. The van der Waals surface area contributed by atoms with Gasteiger partial charge in [0.25, 0.3) is 0 Å². The summed E-state index contributed by atoms with van der Waals surface area (Å²) in [5, 5.41) is 13.4. The van der Waals surface area contributed by atoms with E-state index >= 15 is 0 Å². The smallest absolute Gasteiger partial charge is 0.0564 e. The summed E-state index contributed by atoms with van der Waals surface area (Å²) in [5.74, 6) is 0.732. The monoisotopic (exact) mass is 357 g/mol. The van der Waals surface area contributed by atoms with Crippen LogP contribution in [0.2, 0.25) is 0 Å². The fourth-order valence-electron chi connectivity index (χ4n) is 5.12. The second-order valence-electron chi connectivity index (χ2n) is 8.52. The van der Waals surface area contributed by atoms with Gasteiger partial charge in [0.15, 0.2) is 0 Å². The molecule has 4 heteroatoms. The van der Waals surface area contributed by atoms with E-state index in [1.807, 2.05) is 0 Å². The summed E-state index contributed by atoms with van der Waals surface area (Å²) < 4.78 is 0. The maximum atomic E-state index is 9.92. The molecule has 0 radical (unpaired) electrons. The minimum atomic E-state index is -0.0947. The summed E-state index contributed by atoms with van der Waals surface area (Å²) >= 11 is 0. The number of likely N-dealkylation sites (tertiary alicyclic amines) is 2. The number of benzene rings is 1. The van der Waals surface area contributed by atoms with Crippen LogP contribution in [0.15, 0.2) is 24.3 Å². The van der Waals surface area contributed by atoms with E-state index in [0.717, 1.165) is 51.5 Å². The second-order valence-corrected chi connectivity index (χ2v) is 8.52. The highest BCUT2D eigenvalue weighted by Crippen LogP contribution is 2.36. The molecule has 3 fully saturated rings. The molecule has 1 unspecified atom stereocenters. The van der Waals surface area contributed by atoms with E-state index in [4.69, 9.17) is 0 Å². The Balaban J connectivity index is 1.48. The van der Waals surface area contributed by atoms with Gasteiger partial charge < -0.3 is 10.4 Å². The highest BCUT2D eigenvalue weighted by Gasteiger charge is 2.32. The number of aliphatic hydroxyl groups excluding tert-OH is 1. The molecule has 1 aromatic carbocycles. The lowest BCUT2D eigenvalue weighted by Gasteiger charge is -2.42. The second kappa shape index (κ2) is 8.83. The summed E-state index contributed by atoms with van der Waals surface area (Å²) in [6, 6.07) is 10.0. The average molecular weight is 358 g/mol. The summed E-state index contributed by atoms with van der Waals surface area (Å²) in [7, 11) is 0. The first kappa shape index (κ1) is 18.4. The SMILES string of the molecule is OC1CCN(C(c2ccc(CN3CCCC3)cc2)C2CCNCC2)CC1. The van der Waals surface area contributed by atoms with Crippen molar-refractivity contribution in [3.8, 4) is 0 Å². The Hall–Kier alpha value is -0.940. The van der Waals surface area contributed by atoms with Gasteiger partial charge in [0.1, 0.15) is 0 Å². The van der Waals surface area contributed by atoms with Crippen LogP contribution in [0.1, 0.15) is 55.7 Å². The largest absolute Gasteiger partial charge is 0.393 e. The average Bonchev–Trinajstić information content (AvgIpc) is 3.19. The Morgan fingerprint density at radius 3 is 2.23 bits per heavy atom. The van der Waals surface area contributed by atoms with Crippen molar-refractivity contribution < 1.29 is 5.11 Å². The molecule has 0 spiro atoms. The predicted octanol–water partition coefficient (Wildman–Crippen LogP) is 2.78. The molecule has 3 aliphatic rings. The third-order valence-electron chi connectivity index (χ3n) is 6.65. The normalized spacial score (nSPS) is 25.6. The van der Waals surface area contributed by atoms with Crippen molar-refractivity contribution in [3.05, 3.63) is 35.4 Å². The topological polar surface area (TPSA) is 38.7 Å². The lowest BCUT2D eigenvalue weighted by atomic mass is 9.83. The molecular weight excluding hydrogens is 322 g/mol. The van der Waals surface area contributed by atoms with Crippen molar-refractivity contribution in [2.24, 2.45) is 5.92 Å². The van der Waals surface area contributed by atoms with Crippen LogP contribution in [0, 0.1) is 5.92 Å². The van der Waals surface area contributed by atoms with Crippen LogP contribution < -0.4 is 5.32 Å². The lowest BCUT2D eigenvalue weighted by molar-refractivity contribution is 0.0371. The number of hydrogen-bond donors (Lipinski definition) is 2. The highest BCUT2D eigenvalue weighted by atomic mass is 16.3. The molecule has 2 N–H and O–H groups in total. The zero-order valence-electron chi connectivity index (χ0n) is 16.1. The van der Waals surface area contributed by atoms with Gasteiger partial charge in [0.05, 0.1) is 6.10 Å². The summed E-state index contributed by atoms with van der Waals surface area (Å²) in [4.78, 5) is 5.23. The lowest BCUT2D eigenvalue weighted by Crippen LogP contribution is -2.43. The minimum Gasteiger partial charge on any atom is -0.393 e. The zero-order chi connectivity index (χ0) is 17.8. The molecule has 0 aliphatic carbocycles. The fourth-order valence-corrected chi connectivity index (χ4v) is 5.12. The molecule has 0 aromatic heterocycles. The molecule has 0 amide bonds. The van der Waals surface area contributed by atoms with E-state index in [2.05, 4.69) is 39.4 Å². The molecule has 4 rings (SSSR count).